The van der Waals surface area contributed by atoms with Crippen LogP contribution >= 0.6 is 0 Å². The van der Waals surface area contributed by atoms with Crippen molar-refractivity contribution in [2.45, 2.75) is 97.4 Å². The Hall–Kier alpha value is -0.160. The minimum Gasteiger partial charge on any atom is -0.390 e. The topological polar surface area (TPSA) is 64.7 Å². The van der Waals surface area contributed by atoms with Crippen LogP contribution in [0.1, 0.15) is 61.8 Å². The maximum Gasteiger partial charge on any atom is 0.112 e. The highest BCUT2D eigenvalue weighted by Crippen LogP contribution is 2.40. The molecule has 1 fully saturated rings. The molecule has 4 heteroatoms. The predicted molar refractivity (Wildman–Crippen MR) is 81.6 cm³/mol. The van der Waals surface area contributed by atoms with Crippen LogP contribution in [0.3, 0.4) is 0 Å². The van der Waals surface area contributed by atoms with E-state index in [0.717, 1.165) is 6.42 Å². The predicted octanol–water partition coefficient (Wildman–Crippen LogP) is 2.47. The molecule has 4 nitrogen and oxygen atoms in total. The van der Waals surface area contributed by atoms with Crippen molar-refractivity contribution >= 4 is 0 Å². The van der Waals surface area contributed by atoms with E-state index in [4.69, 9.17) is 15.2 Å². The molecule has 0 amide bonds. The summed E-state index contributed by atoms with van der Waals surface area (Å²) >= 11 is 0. The van der Waals surface area contributed by atoms with Crippen molar-refractivity contribution in [3.05, 3.63) is 0 Å². The van der Waals surface area contributed by atoms with Crippen LogP contribution in [0.5, 0.6) is 0 Å². The first-order valence-corrected chi connectivity index (χ1v) is 7.52. The second-order valence-electron chi connectivity index (χ2n) is 8.69. The van der Waals surface area contributed by atoms with Gasteiger partial charge in [-0.25, -0.2) is 0 Å². The molecule has 0 bridgehead atoms. The lowest BCUT2D eigenvalue weighted by molar-refractivity contribution is -0.235. The number of hydrogen-bond acceptors (Lipinski definition) is 4. The Bertz CT molecular complexity index is 328. The fourth-order valence-corrected chi connectivity index (χ4v) is 2.81. The minimum atomic E-state index is -0.589. The number of aliphatic hydroxyl groups is 1. The van der Waals surface area contributed by atoms with Crippen molar-refractivity contribution in [3.8, 4) is 0 Å². The summed E-state index contributed by atoms with van der Waals surface area (Å²) < 4.78 is 12.2. The normalized spacial score (nSPS) is 35.1. The average molecular weight is 287 g/mol. The Labute approximate surface area is 124 Å². The van der Waals surface area contributed by atoms with Gasteiger partial charge in [-0.05, 0) is 53.4 Å². The van der Waals surface area contributed by atoms with Crippen molar-refractivity contribution < 1.29 is 14.6 Å². The molecule has 0 spiro atoms. The van der Waals surface area contributed by atoms with Crippen molar-refractivity contribution in [2.75, 3.05) is 0 Å². The van der Waals surface area contributed by atoms with Crippen molar-refractivity contribution in [1.82, 2.24) is 0 Å². The first-order valence-electron chi connectivity index (χ1n) is 7.52. The maximum atomic E-state index is 10.7. The molecule has 1 aliphatic carbocycles. The van der Waals surface area contributed by atoms with Gasteiger partial charge in [0, 0.05) is 6.04 Å². The largest absolute Gasteiger partial charge is 0.390 e. The third-order valence-electron chi connectivity index (χ3n) is 3.60. The van der Waals surface area contributed by atoms with Crippen LogP contribution in [-0.4, -0.2) is 40.7 Å². The number of nitrogens with two attached hydrogens (primary N) is 1. The van der Waals surface area contributed by atoms with Crippen LogP contribution in [0.2, 0.25) is 0 Å². The van der Waals surface area contributed by atoms with E-state index in [1.54, 1.807) is 0 Å². The summed E-state index contributed by atoms with van der Waals surface area (Å²) in [7, 11) is 0. The molecule has 120 valence electrons. The van der Waals surface area contributed by atoms with E-state index in [1.807, 2.05) is 55.4 Å². The Kier molecular flexibility index (Phi) is 4.97. The first kappa shape index (κ1) is 17.9. The van der Waals surface area contributed by atoms with Crippen LogP contribution in [0.25, 0.3) is 0 Å². The highest BCUT2D eigenvalue weighted by Gasteiger charge is 2.50. The molecule has 0 radical (unpaired) electrons. The second kappa shape index (κ2) is 5.56. The van der Waals surface area contributed by atoms with Crippen LogP contribution in [0.4, 0.5) is 0 Å². The zero-order chi connectivity index (χ0) is 15.9. The molecular weight excluding hydrogens is 254 g/mol. The van der Waals surface area contributed by atoms with E-state index in [2.05, 4.69) is 0 Å². The molecule has 0 aromatic rings. The van der Waals surface area contributed by atoms with Crippen LogP contribution in [0, 0.1) is 5.41 Å². The summed E-state index contributed by atoms with van der Waals surface area (Å²) in [4.78, 5) is 0. The highest BCUT2D eigenvalue weighted by molar-refractivity contribution is 5.02. The molecule has 3 N–H and O–H groups in total. The maximum absolute atomic E-state index is 10.7. The number of aliphatic hydroxyl groups excluding tert-OH is 1. The Morgan fingerprint density at radius 1 is 0.950 bits per heavy atom. The van der Waals surface area contributed by atoms with E-state index < -0.39 is 12.2 Å². The minimum absolute atomic E-state index is 0.139. The van der Waals surface area contributed by atoms with Gasteiger partial charge in [0.2, 0.25) is 0 Å². The number of hydrogen-bond donors (Lipinski definition) is 2. The van der Waals surface area contributed by atoms with Gasteiger partial charge < -0.3 is 20.3 Å². The van der Waals surface area contributed by atoms with E-state index in [1.165, 1.54) is 0 Å². The van der Waals surface area contributed by atoms with Gasteiger partial charge in [0.1, 0.15) is 12.2 Å². The summed E-state index contributed by atoms with van der Waals surface area (Å²) in [6, 6.07) is -0.139. The lowest BCUT2D eigenvalue weighted by atomic mass is 9.70. The van der Waals surface area contributed by atoms with E-state index in [0.29, 0.717) is 0 Å². The van der Waals surface area contributed by atoms with Crippen molar-refractivity contribution in [1.29, 1.82) is 0 Å². The summed E-state index contributed by atoms with van der Waals surface area (Å²) in [5.74, 6) is 0. The molecule has 0 aromatic heterocycles. The fourth-order valence-electron chi connectivity index (χ4n) is 2.81. The smallest absolute Gasteiger partial charge is 0.112 e. The van der Waals surface area contributed by atoms with Crippen LogP contribution in [-0.2, 0) is 9.47 Å². The number of rotatable bonds is 2. The lowest BCUT2D eigenvalue weighted by Gasteiger charge is -2.50. The van der Waals surface area contributed by atoms with Gasteiger partial charge in [-0.3, -0.25) is 0 Å². The van der Waals surface area contributed by atoms with Gasteiger partial charge in [-0.2, -0.15) is 0 Å². The SMILES string of the molecule is CC(C)(C)O[C@H]1[C@H](OC(C)(C)C)[C@@H](N)CC(C)(C)[C@@H]1O. The zero-order valence-electron chi connectivity index (χ0n) is 14.4. The summed E-state index contributed by atoms with van der Waals surface area (Å²) in [5.41, 5.74) is 5.38. The summed E-state index contributed by atoms with van der Waals surface area (Å²) in [6.45, 7) is 16.0. The molecule has 0 aliphatic heterocycles. The Balaban J connectivity index is 3.04. The van der Waals surface area contributed by atoms with Gasteiger partial charge in [-0.1, -0.05) is 13.8 Å². The molecule has 1 rings (SSSR count). The quantitative estimate of drug-likeness (QED) is 0.819. The van der Waals surface area contributed by atoms with Gasteiger partial charge in [0.25, 0.3) is 0 Å². The molecule has 0 aromatic carbocycles. The van der Waals surface area contributed by atoms with Gasteiger partial charge in [0.15, 0.2) is 0 Å². The first-order chi connectivity index (χ1) is 8.73. The lowest BCUT2D eigenvalue weighted by Crippen LogP contribution is -2.63. The molecular formula is C16H33NO3. The van der Waals surface area contributed by atoms with Crippen molar-refractivity contribution in [2.24, 2.45) is 11.1 Å². The Morgan fingerprint density at radius 2 is 1.35 bits per heavy atom. The third-order valence-corrected chi connectivity index (χ3v) is 3.60. The molecule has 0 heterocycles. The van der Waals surface area contributed by atoms with Gasteiger partial charge >= 0.3 is 0 Å². The molecule has 1 saturated carbocycles. The third kappa shape index (κ3) is 4.69. The standard InChI is InChI=1S/C16H33NO3/c1-14(2,3)19-11-10(17)9-16(7,8)13(18)12(11)20-15(4,5)6/h10-13,18H,9,17H2,1-8H3/t10-,11+,12-,13+/m0/s1. The van der Waals surface area contributed by atoms with E-state index in [9.17, 15) is 5.11 Å². The average Bonchev–Trinajstić information content (AvgIpc) is 2.16. The summed E-state index contributed by atoms with van der Waals surface area (Å²) in [6.07, 6.45) is -0.571. The fraction of sp³-hybridized carbons (Fsp3) is 1.00. The van der Waals surface area contributed by atoms with E-state index >= 15 is 0 Å². The molecule has 0 unspecified atom stereocenters. The monoisotopic (exact) mass is 287 g/mol. The zero-order valence-corrected chi connectivity index (χ0v) is 14.4. The van der Waals surface area contributed by atoms with Gasteiger partial charge in [0.05, 0.1) is 17.3 Å². The molecule has 0 saturated heterocycles. The summed E-state index contributed by atoms with van der Waals surface area (Å²) in [5, 5.41) is 10.7. The van der Waals surface area contributed by atoms with Crippen molar-refractivity contribution in [3.63, 3.8) is 0 Å². The molecule has 1 aliphatic rings. The second-order valence-corrected chi connectivity index (χ2v) is 8.69. The Morgan fingerprint density at radius 3 is 1.75 bits per heavy atom. The van der Waals surface area contributed by atoms with Crippen LogP contribution < -0.4 is 5.73 Å². The van der Waals surface area contributed by atoms with E-state index in [-0.39, 0.29) is 28.8 Å². The highest BCUT2D eigenvalue weighted by atomic mass is 16.6. The molecule has 20 heavy (non-hydrogen) atoms. The number of ether oxygens (including phenoxy) is 2. The van der Waals surface area contributed by atoms with Gasteiger partial charge in [-0.15, -0.1) is 0 Å². The molecule has 4 atom stereocenters. The van der Waals surface area contributed by atoms with Crippen LogP contribution in [0.15, 0.2) is 0 Å².